The normalized spacial score (nSPS) is 11.7. The molecule has 4 aromatic carbocycles. The quantitative estimate of drug-likeness (QED) is 0.147. The van der Waals surface area contributed by atoms with Crippen molar-refractivity contribution in [3.63, 3.8) is 0 Å². The highest BCUT2D eigenvalue weighted by atomic mass is 127. The van der Waals surface area contributed by atoms with E-state index in [9.17, 15) is 25.6 Å². The Balaban J connectivity index is 0.000000168. The molecule has 42 heavy (non-hydrogen) atoms. The molecule has 0 aliphatic carbocycles. The van der Waals surface area contributed by atoms with Gasteiger partial charge in [-0.15, -0.1) is 0 Å². The van der Waals surface area contributed by atoms with E-state index in [4.69, 9.17) is 0 Å². The largest absolute Gasteiger partial charge is 0.280 e. The van der Waals surface area contributed by atoms with E-state index in [0.29, 0.717) is 11.4 Å². The summed E-state index contributed by atoms with van der Waals surface area (Å²) in [5.74, 6) is -1.20. The van der Waals surface area contributed by atoms with Crippen molar-refractivity contribution in [2.45, 2.75) is 9.79 Å². The third-order valence-corrected chi connectivity index (χ3v) is 10.1. The predicted octanol–water partition coefficient (Wildman–Crippen LogP) is 6.21. The molecule has 16 heteroatoms. The lowest BCUT2D eigenvalue weighted by Gasteiger charge is -2.08. The highest BCUT2D eigenvalue weighted by molar-refractivity contribution is 14.1. The molecular formula is C26H18F2I2N6O4S2. The molecule has 0 bridgehead atoms. The Morgan fingerprint density at radius 3 is 1.38 bits per heavy atom. The van der Waals surface area contributed by atoms with Crippen LogP contribution >= 0.6 is 45.2 Å². The van der Waals surface area contributed by atoms with Crippen LogP contribution in [0.25, 0.3) is 21.8 Å². The van der Waals surface area contributed by atoms with Gasteiger partial charge in [0.1, 0.15) is 19.0 Å². The minimum Gasteiger partial charge on any atom is -0.280 e. The number of H-pyrrole nitrogens is 2. The van der Waals surface area contributed by atoms with E-state index in [-0.39, 0.29) is 9.79 Å². The number of aromatic amines is 2. The van der Waals surface area contributed by atoms with Crippen LogP contribution in [0.1, 0.15) is 0 Å². The summed E-state index contributed by atoms with van der Waals surface area (Å²) in [4.78, 5) is -0.242. The van der Waals surface area contributed by atoms with Gasteiger partial charge in [-0.3, -0.25) is 19.6 Å². The number of nitrogens with zero attached hydrogens (tertiary/aromatic N) is 2. The van der Waals surface area contributed by atoms with Crippen LogP contribution in [0.4, 0.5) is 20.2 Å². The Morgan fingerprint density at radius 2 is 1.00 bits per heavy atom. The monoisotopic (exact) mass is 834 g/mol. The number of aromatic nitrogens is 4. The average Bonchev–Trinajstić information content (AvgIpc) is 3.50. The van der Waals surface area contributed by atoms with Gasteiger partial charge in [0.05, 0.1) is 20.8 Å². The van der Waals surface area contributed by atoms with Gasteiger partial charge in [0.25, 0.3) is 20.0 Å². The van der Waals surface area contributed by atoms with Gasteiger partial charge in [-0.05, 0) is 118 Å². The molecule has 0 atom stereocenters. The van der Waals surface area contributed by atoms with Gasteiger partial charge in [0.15, 0.2) is 0 Å². The van der Waals surface area contributed by atoms with E-state index in [0.717, 1.165) is 41.3 Å². The summed E-state index contributed by atoms with van der Waals surface area (Å²) in [5, 5.41) is 15.4. The molecule has 0 radical (unpaired) electrons. The first kappa shape index (κ1) is 30.1. The van der Waals surface area contributed by atoms with Gasteiger partial charge < -0.3 is 0 Å². The predicted molar refractivity (Wildman–Crippen MR) is 172 cm³/mol. The molecule has 216 valence electrons. The second-order valence-electron chi connectivity index (χ2n) is 8.66. The molecule has 2 heterocycles. The van der Waals surface area contributed by atoms with Crippen molar-refractivity contribution in [1.82, 2.24) is 20.4 Å². The van der Waals surface area contributed by atoms with Crippen LogP contribution in [0.3, 0.4) is 0 Å². The van der Waals surface area contributed by atoms with Crippen LogP contribution in [0.5, 0.6) is 0 Å². The molecule has 0 unspecified atom stereocenters. The fourth-order valence-electron chi connectivity index (χ4n) is 3.78. The second-order valence-corrected chi connectivity index (χ2v) is 14.2. The number of halogens is 4. The van der Waals surface area contributed by atoms with Crippen molar-refractivity contribution < 1.29 is 25.6 Å². The second kappa shape index (κ2) is 12.1. The van der Waals surface area contributed by atoms with E-state index in [2.05, 4.69) is 75.0 Å². The molecule has 0 saturated heterocycles. The van der Waals surface area contributed by atoms with Crippen LogP contribution in [0, 0.1) is 19.0 Å². The van der Waals surface area contributed by atoms with E-state index in [1.165, 1.54) is 36.4 Å². The van der Waals surface area contributed by atoms with Crippen molar-refractivity contribution in [2.24, 2.45) is 0 Å². The van der Waals surface area contributed by atoms with Crippen LogP contribution in [-0.4, -0.2) is 37.2 Å². The van der Waals surface area contributed by atoms with Crippen LogP contribution < -0.4 is 9.44 Å². The zero-order chi connectivity index (χ0) is 30.1. The fourth-order valence-corrected chi connectivity index (χ4v) is 7.05. The highest BCUT2D eigenvalue weighted by Gasteiger charge is 2.17. The van der Waals surface area contributed by atoms with Gasteiger partial charge in [-0.2, -0.15) is 10.2 Å². The Labute approximate surface area is 265 Å². The molecule has 6 rings (SSSR count). The number of fused-ring (bicyclic) bond motifs is 2. The SMILES string of the molecule is O=S(=O)(Nc1ccc2n[nH]c(I)c2c1)c1cccc(F)c1.O=S(=O)(Nc1ccc2n[nH]c(I)c2c1)c1cccc(F)c1. The van der Waals surface area contributed by atoms with Crippen LogP contribution in [-0.2, 0) is 20.0 Å². The number of rotatable bonds is 6. The summed E-state index contributed by atoms with van der Waals surface area (Å²) < 4.78 is 81.6. The Kier molecular flexibility index (Phi) is 8.67. The van der Waals surface area contributed by atoms with Crippen molar-refractivity contribution in [3.05, 3.63) is 104 Å². The molecule has 2 aromatic heterocycles. The van der Waals surface area contributed by atoms with Gasteiger partial charge in [0.2, 0.25) is 0 Å². The van der Waals surface area contributed by atoms with E-state index < -0.39 is 31.7 Å². The fraction of sp³-hybridized carbons (Fsp3) is 0. The van der Waals surface area contributed by atoms with Crippen LogP contribution in [0.2, 0.25) is 0 Å². The summed E-state index contributed by atoms with van der Waals surface area (Å²) in [5.41, 5.74) is 2.28. The summed E-state index contributed by atoms with van der Waals surface area (Å²) >= 11 is 4.16. The Hall–Kier alpha value is -3.36. The summed E-state index contributed by atoms with van der Waals surface area (Å²) in [7, 11) is -7.65. The number of hydrogen-bond donors (Lipinski definition) is 4. The number of nitrogens with one attached hydrogen (secondary N) is 4. The Bertz CT molecular complexity index is 2000. The zero-order valence-electron chi connectivity index (χ0n) is 20.9. The number of hydrogen-bond acceptors (Lipinski definition) is 6. The van der Waals surface area contributed by atoms with Crippen LogP contribution in [0.15, 0.2) is 94.7 Å². The average molecular weight is 834 g/mol. The molecule has 0 amide bonds. The van der Waals surface area contributed by atoms with Gasteiger partial charge >= 0.3 is 0 Å². The molecule has 6 aromatic rings. The smallest absolute Gasteiger partial charge is 0.261 e. The lowest BCUT2D eigenvalue weighted by molar-refractivity contribution is 0.594. The van der Waals surface area contributed by atoms with E-state index in [1.807, 2.05) is 0 Å². The first-order valence-corrected chi connectivity index (χ1v) is 16.9. The maximum absolute atomic E-state index is 13.2. The molecule has 0 aliphatic heterocycles. The lowest BCUT2D eigenvalue weighted by atomic mass is 10.2. The molecular weight excluding hydrogens is 816 g/mol. The van der Waals surface area contributed by atoms with Crippen molar-refractivity contribution >= 4 is 98.4 Å². The summed E-state index contributed by atoms with van der Waals surface area (Å²) in [6.07, 6.45) is 0. The first-order chi connectivity index (χ1) is 19.9. The van der Waals surface area contributed by atoms with Gasteiger partial charge in [-0.1, -0.05) is 12.1 Å². The number of benzene rings is 4. The van der Waals surface area contributed by atoms with E-state index in [1.54, 1.807) is 36.4 Å². The summed E-state index contributed by atoms with van der Waals surface area (Å²) in [6.45, 7) is 0. The van der Waals surface area contributed by atoms with Crippen molar-refractivity contribution in [3.8, 4) is 0 Å². The highest BCUT2D eigenvalue weighted by Crippen LogP contribution is 2.25. The lowest BCUT2D eigenvalue weighted by Crippen LogP contribution is -2.13. The van der Waals surface area contributed by atoms with Gasteiger partial charge in [-0.25, -0.2) is 25.6 Å². The molecule has 0 spiro atoms. The molecule has 0 saturated carbocycles. The first-order valence-electron chi connectivity index (χ1n) is 11.8. The maximum Gasteiger partial charge on any atom is 0.261 e. The third kappa shape index (κ3) is 6.81. The van der Waals surface area contributed by atoms with Crippen molar-refractivity contribution in [1.29, 1.82) is 0 Å². The zero-order valence-corrected chi connectivity index (χ0v) is 26.9. The molecule has 0 fully saturated rings. The van der Waals surface area contributed by atoms with Crippen molar-refractivity contribution in [2.75, 3.05) is 9.44 Å². The molecule has 10 nitrogen and oxygen atoms in total. The summed E-state index contributed by atoms with van der Waals surface area (Å²) in [6, 6.07) is 19.7. The standard InChI is InChI=1S/2C13H9FIN3O2S/c2*14-8-2-1-3-10(6-8)21(19,20)18-9-4-5-12-11(7-9)13(15)17-16-12/h2*1-7,18H,(H,16,17). The van der Waals surface area contributed by atoms with E-state index >= 15 is 0 Å². The number of anilines is 2. The Morgan fingerprint density at radius 1 is 0.595 bits per heavy atom. The van der Waals surface area contributed by atoms with Gasteiger partial charge in [0, 0.05) is 22.1 Å². The topological polar surface area (TPSA) is 150 Å². The third-order valence-electron chi connectivity index (χ3n) is 5.73. The molecule has 4 N–H and O–H groups in total. The maximum atomic E-state index is 13.2. The molecule has 0 aliphatic rings. The minimum absolute atomic E-state index is 0.121. The minimum atomic E-state index is -3.82. The number of sulfonamides is 2.